The first-order valence-electron chi connectivity index (χ1n) is 26.7. The van der Waals surface area contributed by atoms with Crippen LogP contribution in [-0.2, 0) is 42.2 Å². The number of aliphatic imine (C=N–C) groups is 2. The van der Waals surface area contributed by atoms with Crippen LogP contribution in [0.1, 0.15) is 269 Å². The number of unbranched alkanes of at least 4 members (excludes halogenated alkanes) is 28. The van der Waals surface area contributed by atoms with Crippen LogP contribution in [0.15, 0.2) is 58.5 Å². The van der Waals surface area contributed by atoms with E-state index in [9.17, 15) is 0 Å². The topological polar surface area (TPSA) is 24.7 Å². The summed E-state index contributed by atoms with van der Waals surface area (Å²) in [5.74, 6) is 0. The first-order chi connectivity index (χ1) is 29.6. The summed E-state index contributed by atoms with van der Waals surface area (Å²) in [5.41, 5.74) is 9.13. The Morgan fingerprint density at radius 2 is 0.705 bits per heavy atom. The molecule has 0 aliphatic rings. The molecular formula is C58H98N2Ni. The van der Waals surface area contributed by atoms with Crippen LogP contribution in [0.5, 0.6) is 0 Å². The Hall–Kier alpha value is -1.99. The van der Waals surface area contributed by atoms with Gasteiger partial charge in [0.15, 0.2) is 0 Å². The smallest absolute Gasteiger partial charge is 0.0816 e. The van der Waals surface area contributed by atoms with E-state index in [0.29, 0.717) is 0 Å². The third-order valence-electron chi connectivity index (χ3n) is 12.7. The van der Waals surface area contributed by atoms with Gasteiger partial charge in [0.25, 0.3) is 0 Å². The molecule has 0 radical (unpaired) electrons. The molecule has 0 aliphatic heterocycles. The molecule has 0 fully saturated rings. The van der Waals surface area contributed by atoms with Gasteiger partial charge in [-0.05, 0) is 117 Å². The maximum absolute atomic E-state index is 5.26. The summed E-state index contributed by atoms with van der Waals surface area (Å²) in [6.07, 6.45) is 56.2. The molecule has 3 heteroatoms. The van der Waals surface area contributed by atoms with Gasteiger partial charge in [-0.25, -0.2) is 4.99 Å². The van der Waals surface area contributed by atoms with Gasteiger partial charge in [0.2, 0.25) is 0 Å². The number of allylic oxidation sites excluding steroid dienone is 2. The predicted molar refractivity (Wildman–Crippen MR) is 273 cm³/mol. The molecule has 0 unspecified atom stereocenters. The molecule has 0 amide bonds. The van der Waals surface area contributed by atoms with Crippen LogP contribution in [-0.4, -0.2) is 11.9 Å². The van der Waals surface area contributed by atoms with Gasteiger partial charge >= 0.3 is 0 Å². The fraction of sp³-hybridized carbons (Fsp3) is 0.724. The summed E-state index contributed by atoms with van der Waals surface area (Å²) < 4.78 is 0. The molecule has 0 saturated carbocycles. The quantitative estimate of drug-likeness (QED) is 0.0361. The van der Waals surface area contributed by atoms with Crippen LogP contribution in [0.4, 0.5) is 11.4 Å². The first-order valence-corrected chi connectivity index (χ1v) is 26.7. The molecule has 350 valence electrons. The molecule has 2 rings (SSSR count). The van der Waals surface area contributed by atoms with Gasteiger partial charge in [-0.15, -0.1) is 0 Å². The van der Waals surface area contributed by atoms with Gasteiger partial charge in [-0.2, -0.15) is 0 Å². The van der Waals surface area contributed by atoms with E-state index in [4.69, 9.17) is 9.98 Å². The minimum absolute atomic E-state index is 0. The maximum Gasteiger partial charge on any atom is 0.0816 e. The predicted octanol–water partition coefficient (Wildman–Crippen LogP) is 19.9. The third kappa shape index (κ3) is 30.7. The maximum atomic E-state index is 5.26. The van der Waals surface area contributed by atoms with E-state index in [1.807, 2.05) is 6.21 Å². The molecule has 2 aromatic rings. The molecule has 2 aromatic carbocycles. The van der Waals surface area contributed by atoms with Crippen molar-refractivity contribution < 1.29 is 16.5 Å². The van der Waals surface area contributed by atoms with Gasteiger partial charge in [0, 0.05) is 16.5 Å². The molecular weight excluding hydrogens is 783 g/mol. The van der Waals surface area contributed by atoms with Gasteiger partial charge < -0.3 is 0 Å². The Kier molecular flexibility index (Phi) is 39.3. The summed E-state index contributed by atoms with van der Waals surface area (Å²) in [5, 5.41) is 0. The van der Waals surface area contributed by atoms with Crippen molar-refractivity contribution in [1.82, 2.24) is 0 Å². The van der Waals surface area contributed by atoms with Crippen LogP contribution in [0, 0.1) is 0 Å². The summed E-state index contributed by atoms with van der Waals surface area (Å²) in [6.45, 7) is 11.5. The summed E-state index contributed by atoms with van der Waals surface area (Å²) in [6, 6.07) is 14.0. The van der Waals surface area contributed by atoms with Crippen molar-refractivity contribution in [2.45, 2.75) is 272 Å². The van der Waals surface area contributed by atoms with Crippen molar-refractivity contribution in [3.63, 3.8) is 0 Å². The van der Waals surface area contributed by atoms with Gasteiger partial charge in [0.1, 0.15) is 0 Å². The summed E-state index contributed by atoms with van der Waals surface area (Å²) in [4.78, 5) is 10.3. The van der Waals surface area contributed by atoms with E-state index in [2.05, 4.69) is 83.2 Å². The van der Waals surface area contributed by atoms with E-state index in [1.54, 1.807) is 0 Å². The Morgan fingerprint density at radius 1 is 0.377 bits per heavy atom. The first kappa shape index (κ1) is 57.0. The normalized spacial score (nSPS) is 12.0. The van der Waals surface area contributed by atoms with Crippen LogP contribution in [0.2, 0.25) is 0 Å². The zero-order valence-electron chi connectivity index (χ0n) is 41.1. The van der Waals surface area contributed by atoms with Crippen molar-refractivity contribution in [3.05, 3.63) is 70.8 Å². The minimum atomic E-state index is 0. The molecule has 2 nitrogen and oxygen atoms in total. The number of hydrogen-bond donors (Lipinski definition) is 0. The zero-order chi connectivity index (χ0) is 43.0. The fourth-order valence-corrected chi connectivity index (χ4v) is 8.71. The Balaban J connectivity index is 0.0000186. The number of hydrogen-bond acceptors (Lipinski definition) is 2. The van der Waals surface area contributed by atoms with E-state index < -0.39 is 0 Å². The van der Waals surface area contributed by atoms with Crippen molar-refractivity contribution in [2.75, 3.05) is 0 Å². The Morgan fingerprint density at radius 3 is 1.11 bits per heavy atom. The molecule has 0 aliphatic carbocycles. The molecule has 0 spiro atoms. The molecule has 0 heterocycles. The number of benzene rings is 2. The van der Waals surface area contributed by atoms with Crippen molar-refractivity contribution in [2.24, 2.45) is 9.98 Å². The van der Waals surface area contributed by atoms with Crippen molar-refractivity contribution >= 4 is 23.3 Å². The fourth-order valence-electron chi connectivity index (χ4n) is 8.71. The summed E-state index contributed by atoms with van der Waals surface area (Å²) >= 11 is 0. The number of nitrogens with zero attached hydrogens (tertiary/aromatic N) is 2. The molecule has 61 heavy (non-hydrogen) atoms. The van der Waals surface area contributed by atoms with E-state index >= 15 is 0 Å². The van der Waals surface area contributed by atoms with Crippen LogP contribution >= 0.6 is 0 Å². The SMILES string of the molecule is CCCCCCCCCCCCCCCCCCCCCC/C=C/C(C=Nc1ccc(CCCCC)c(CCCCC)c1)=Nc1ccc(CCCCC)c(CCCCC)c1.[Ni]. The van der Waals surface area contributed by atoms with Crippen molar-refractivity contribution in [1.29, 1.82) is 0 Å². The van der Waals surface area contributed by atoms with E-state index in [-0.39, 0.29) is 16.5 Å². The Bertz CT molecular complexity index is 1370. The van der Waals surface area contributed by atoms with Crippen molar-refractivity contribution in [3.8, 4) is 0 Å². The zero-order valence-corrected chi connectivity index (χ0v) is 42.1. The second-order valence-corrected chi connectivity index (χ2v) is 18.4. The number of aryl methyl sites for hydroxylation is 4. The Labute approximate surface area is 390 Å². The van der Waals surface area contributed by atoms with Crippen LogP contribution in [0.3, 0.4) is 0 Å². The van der Waals surface area contributed by atoms with Crippen LogP contribution < -0.4 is 0 Å². The minimum Gasteiger partial charge on any atom is -0.255 e. The second-order valence-electron chi connectivity index (χ2n) is 18.4. The van der Waals surface area contributed by atoms with Crippen LogP contribution in [0.25, 0.3) is 0 Å². The van der Waals surface area contributed by atoms with E-state index in [0.717, 1.165) is 36.3 Å². The largest absolute Gasteiger partial charge is 0.255 e. The van der Waals surface area contributed by atoms with Gasteiger partial charge in [-0.1, -0.05) is 226 Å². The van der Waals surface area contributed by atoms with Gasteiger partial charge in [-0.3, -0.25) is 4.99 Å². The second kappa shape index (κ2) is 42.0. The number of rotatable bonds is 41. The average Bonchev–Trinajstić information content (AvgIpc) is 3.26. The molecule has 0 aromatic heterocycles. The molecule has 0 atom stereocenters. The molecule has 0 saturated heterocycles. The molecule has 0 N–H and O–H groups in total. The molecule has 0 bridgehead atoms. The summed E-state index contributed by atoms with van der Waals surface area (Å²) in [7, 11) is 0. The average molecular weight is 882 g/mol. The third-order valence-corrected chi connectivity index (χ3v) is 12.7. The standard InChI is InChI=1S/C58H98N2.Ni/c1-6-11-16-17-18-19-20-21-22-23-24-25-26-27-28-29-30-31-32-33-34-39-44-58(60-57-48-46-53(41-36-13-8-3)55(50-57)43-38-15-10-5)51-59-56-47-45-52(40-35-12-7-2)54(49-56)42-37-14-9-4;/h39,44-51H,6-38,40-43H2,1-5H3;/b44-39+,59-51?,60-58?;. The van der Waals surface area contributed by atoms with E-state index in [1.165, 1.54) is 241 Å². The van der Waals surface area contributed by atoms with Gasteiger partial charge in [0.05, 0.1) is 23.3 Å². The monoisotopic (exact) mass is 881 g/mol.